The molecule has 0 aliphatic rings. The van der Waals surface area contributed by atoms with E-state index < -0.39 is 54.1 Å². The fourth-order valence-electron chi connectivity index (χ4n) is 5.74. The number of benzene rings is 4. The maximum absolute atomic E-state index is 13.9. The Balaban J connectivity index is 1.47. The number of aliphatic carboxylic acids is 1. The van der Waals surface area contributed by atoms with Crippen molar-refractivity contribution in [2.45, 2.75) is 56.7 Å². The van der Waals surface area contributed by atoms with Crippen LogP contribution in [-0.4, -0.2) is 71.9 Å². The van der Waals surface area contributed by atoms with Gasteiger partial charge in [-0.05, 0) is 59.2 Å². The Kier molecular flexibility index (Phi) is 15.8. The first-order valence-electron chi connectivity index (χ1n) is 17.9. The number of carbonyl (C=O) groups excluding carboxylic acids is 5. The molecular weight excluding hydrogens is 702 g/mol. The van der Waals surface area contributed by atoms with Gasteiger partial charge in [-0.2, -0.15) is 0 Å². The first-order chi connectivity index (χ1) is 26.5. The first-order valence-corrected chi connectivity index (χ1v) is 17.9. The van der Waals surface area contributed by atoms with E-state index in [0.29, 0.717) is 17.5 Å². The minimum Gasteiger partial charge on any atom is -0.550 e. The third-order valence-electron chi connectivity index (χ3n) is 8.59. The van der Waals surface area contributed by atoms with E-state index in [9.17, 15) is 34.2 Å². The molecule has 0 fully saturated rings. The van der Waals surface area contributed by atoms with Crippen molar-refractivity contribution in [2.24, 2.45) is 16.5 Å². The molecule has 288 valence electrons. The molecule has 14 heteroatoms. The van der Waals surface area contributed by atoms with Gasteiger partial charge in [-0.15, -0.1) is 0 Å². The zero-order valence-electron chi connectivity index (χ0n) is 30.3. The van der Waals surface area contributed by atoms with Crippen LogP contribution in [0.3, 0.4) is 0 Å². The maximum atomic E-state index is 13.9. The fourth-order valence-corrected chi connectivity index (χ4v) is 5.74. The number of hydrogen-bond acceptors (Lipinski definition) is 8. The van der Waals surface area contributed by atoms with E-state index in [4.69, 9.17) is 11.5 Å². The maximum Gasteiger partial charge on any atom is 0.243 e. The molecule has 0 saturated carbocycles. The molecule has 4 amide bonds. The van der Waals surface area contributed by atoms with Crippen LogP contribution in [0.15, 0.2) is 114 Å². The largest absolute Gasteiger partial charge is 0.550 e. The van der Waals surface area contributed by atoms with Gasteiger partial charge in [-0.1, -0.05) is 97.1 Å². The third kappa shape index (κ3) is 14.3. The summed E-state index contributed by atoms with van der Waals surface area (Å²) in [5.41, 5.74) is 15.1. The van der Waals surface area contributed by atoms with Gasteiger partial charge >= 0.3 is 0 Å². The number of carboxylic acids is 1. The Morgan fingerprint density at radius 1 is 0.655 bits per heavy atom. The van der Waals surface area contributed by atoms with Crippen LogP contribution in [0.1, 0.15) is 36.0 Å². The van der Waals surface area contributed by atoms with E-state index in [1.807, 2.05) is 72.8 Å². The SMILES string of the molecule is NC(N)=NCCC[C@@H](NC(=O)[C@H](CC(=O)[O-])NC(=O)Cc1ccc(-c2ccccc2)cc1)C(=O)N[C@@H](Cc1ccc(O)cc1)C(=O)NCCc1ccccc1. The minimum absolute atomic E-state index is 0.00431. The number of carboxylic acid groups (broad SMARTS) is 1. The van der Waals surface area contributed by atoms with Crippen molar-refractivity contribution < 1.29 is 34.2 Å². The van der Waals surface area contributed by atoms with Gasteiger partial charge in [0.2, 0.25) is 23.6 Å². The topological polar surface area (TPSA) is 241 Å². The molecule has 0 aliphatic heterocycles. The number of carbonyl (C=O) groups is 5. The molecule has 14 nitrogen and oxygen atoms in total. The second-order valence-electron chi connectivity index (χ2n) is 12.9. The van der Waals surface area contributed by atoms with Gasteiger partial charge in [-0.3, -0.25) is 24.2 Å². The van der Waals surface area contributed by atoms with Crippen LogP contribution in [0, 0.1) is 0 Å². The van der Waals surface area contributed by atoms with Crippen molar-refractivity contribution in [3.05, 3.63) is 126 Å². The summed E-state index contributed by atoms with van der Waals surface area (Å²) in [6, 6.07) is 28.6. The Bertz CT molecular complexity index is 1900. The molecule has 0 heterocycles. The van der Waals surface area contributed by atoms with Gasteiger partial charge in [0.25, 0.3) is 0 Å². The van der Waals surface area contributed by atoms with Crippen LogP contribution >= 0.6 is 0 Å². The Morgan fingerprint density at radius 2 is 1.24 bits per heavy atom. The molecule has 0 aromatic heterocycles. The lowest BCUT2D eigenvalue weighted by atomic mass is 10.0. The number of nitrogens with one attached hydrogen (secondary N) is 4. The zero-order chi connectivity index (χ0) is 39.6. The van der Waals surface area contributed by atoms with E-state index in [1.165, 1.54) is 12.1 Å². The van der Waals surface area contributed by atoms with Gasteiger partial charge in [0.05, 0.1) is 6.42 Å². The number of phenolic OH excluding ortho intramolecular Hbond substituents is 1. The predicted octanol–water partition coefficient (Wildman–Crippen LogP) is 0.851. The molecule has 0 aliphatic carbocycles. The molecule has 9 N–H and O–H groups in total. The van der Waals surface area contributed by atoms with Crippen LogP contribution in [0.2, 0.25) is 0 Å². The number of aromatic hydroxyl groups is 1. The minimum atomic E-state index is -1.59. The van der Waals surface area contributed by atoms with Crippen LogP contribution < -0.4 is 37.8 Å². The molecule has 0 saturated heterocycles. The highest BCUT2D eigenvalue weighted by Gasteiger charge is 2.30. The summed E-state index contributed by atoms with van der Waals surface area (Å²) in [6.45, 7) is 0.395. The third-order valence-corrected chi connectivity index (χ3v) is 8.59. The number of phenols is 1. The molecule has 55 heavy (non-hydrogen) atoms. The van der Waals surface area contributed by atoms with E-state index >= 15 is 0 Å². The number of amides is 4. The summed E-state index contributed by atoms with van der Waals surface area (Å²) >= 11 is 0. The Hall–Kier alpha value is -6.70. The molecule has 0 radical (unpaired) electrons. The molecular formula is C41H46N7O7-. The highest BCUT2D eigenvalue weighted by atomic mass is 16.4. The number of aliphatic imine (C=N–C) groups is 1. The zero-order valence-corrected chi connectivity index (χ0v) is 30.3. The van der Waals surface area contributed by atoms with Crippen LogP contribution in [0.4, 0.5) is 0 Å². The second kappa shape index (κ2) is 21.1. The van der Waals surface area contributed by atoms with Crippen LogP contribution in [0.25, 0.3) is 11.1 Å². The van der Waals surface area contributed by atoms with Crippen LogP contribution in [-0.2, 0) is 43.2 Å². The summed E-state index contributed by atoms with van der Waals surface area (Å²) in [7, 11) is 0. The smallest absolute Gasteiger partial charge is 0.243 e. The standard InChI is InChI=1S/C41H47N7O7/c42-41(43)45-22-7-12-33(39(54)48-34(24-28-15-19-32(49)20-16-28)38(53)44-23-21-27-8-3-1-4-9-27)47-40(55)35(26-37(51)52)46-36(50)25-29-13-17-31(18-14-29)30-10-5-2-6-11-30/h1-6,8-11,13-20,33-35,49H,7,12,21-26H2,(H,44,53)(H,46,50)(H,47,55)(H,48,54)(H,51,52)(H4,42,43,45)/p-1/t33-,34+,35+/m1/s1. The van der Waals surface area contributed by atoms with Gasteiger partial charge in [0, 0.05) is 31.9 Å². The highest BCUT2D eigenvalue weighted by Crippen LogP contribution is 2.19. The highest BCUT2D eigenvalue weighted by molar-refractivity contribution is 5.95. The fraction of sp³-hybridized carbons (Fsp3) is 0.268. The Labute approximate surface area is 319 Å². The van der Waals surface area contributed by atoms with Gasteiger partial charge < -0.3 is 47.7 Å². The summed E-state index contributed by atoms with van der Waals surface area (Å²) < 4.78 is 0. The van der Waals surface area contributed by atoms with Crippen molar-refractivity contribution in [1.29, 1.82) is 0 Å². The molecule has 0 unspecified atom stereocenters. The monoisotopic (exact) mass is 748 g/mol. The molecule has 0 spiro atoms. The number of nitrogens with two attached hydrogens (primary N) is 2. The van der Waals surface area contributed by atoms with Gasteiger partial charge in [-0.25, -0.2) is 0 Å². The van der Waals surface area contributed by atoms with E-state index in [2.05, 4.69) is 26.3 Å². The average molecular weight is 749 g/mol. The Morgan fingerprint density at radius 3 is 1.87 bits per heavy atom. The van der Waals surface area contributed by atoms with Crippen molar-refractivity contribution in [2.75, 3.05) is 13.1 Å². The van der Waals surface area contributed by atoms with Gasteiger partial charge in [0.15, 0.2) is 5.96 Å². The predicted molar refractivity (Wildman–Crippen MR) is 206 cm³/mol. The lowest BCUT2D eigenvalue weighted by Gasteiger charge is -2.26. The average Bonchev–Trinajstić information content (AvgIpc) is 3.17. The van der Waals surface area contributed by atoms with E-state index in [-0.39, 0.29) is 50.5 Å². The molecule has 4 rings (SSSR count). The molecule has 3 atom stereocenters. The van der Waals surface area contributed by atoms with Crippen molar-refractivity contribution in [3.63, 3.8) is 0 Å². The summed E-state index contributed by atoms with van der Waals surface area (Å²) in [5.74, 6) is -4.52. The number of rotatable bonds is 20. The summed E-state index contributed by atoms with van der Waals surface area (Å²) in [4.78, 5) is 69.6. The van der Waals surface area contributed by atoms with E-state index in [1.54, 1.807) is 24.3 Å². The number of hydrogen-bond donors (Lipinski definition) is 7. The molecule has 4 aromatic carbocycles. The van der Waals surface area contributed by atoms with Crippen molar-refractivity contribution >= 4 is 35.6 Å². The van der Waals surface area contributed by atoms with Gasteiger partial charge in [0.1, 0.15) is 23.9 Å². The summed E-state index contributed by atoms with van der Waals surface area (Å²) in [6.07, 6.45) is -0.199. The summed E-state index contributed by atoms with van der Waals surface area (Å²) in [5, 5.41) is 32.0. The van der Waals surface area contributed by atoms with Crippen molar-refractivity contribution in [3.8, 4) is 16.9 Å². The van der Waals surface area contributed by atoms with Crippen LogP contribution in [0.5, 0.6) is 5.75 Å². The number of nitrogens with zero attached hydrogens (tertiary/aromatic N) is 1. The number of guanidine groups is 1. The van der Waals surface area contributed by atoms with E-state index in [0.717, 1.165) is 16.7 Å². The molecule has 4 aromatic rings. The first kappa shape index (κ1) is 41.1. The second-order valence-corrected chi connectivity index (χ2v) is 12.9. The lowest BCUT2D eigenvalue weighted by molar-refractivity contribution is -0.306. The quantitative estimate of drug-likeness (QED) is 0.0385. The van der Waals surface area contributed by atoms with Crippen molar-refractivity contribution in [1.82, 2.24) is 21.3 Å². The molecule has 0 bridgehead atoms. The lowest BCUT2D eigenvalue weighted by Crippen LogP contribution is -2.58. The normalized spacial score (nSPS) is 12.3.